The van der Waals surface area contributed by atoms with Crippen LogP contribution in [-0.4, -0.2) is 29.9 Å². The third-order valence-electron chi connectivity index (χ3n) is 8.98. The molecule has 0 N–H and O–H groups in total. The van der Waals surface area contributed by atoms with Crippen LogP contribution < -0.4 is 0 Å². The Balaban J connectivity index is 1.64. The average Bonchev–Trinajstić information content (AvgIpc) is 2.85. The number of esters is 1. The number of ketones is 3. The van der Waals surface area contributed by atoms with Crippen LogP contribution in [0.3, 0.4) is 0 Å². The normalized spacial score (nSPS) is 45.0. The van der Waals surface area contributed by atoms with Crippen molar-refractivity contribution in [2.24, 2.45) is 40.4 Å². The summed E-state index contributed by atoms with van der Waals surface area (Å²) in [7, 11) is 0. The summed E-state index contributed by atoms with van der Waals surface area (Å²) >= 11 is 0. The molecule has 0 aliphatic heterocycles. The van der Waals surface area contributed by atoms with Gasteiger partial charge in [0, 0.05) is 12.8 Å². The summed E-state index contributed by atoms with van der Waals surface area (Å²) in [6.45, 7) is 5.21. The molecular weight excluding hydrogens is 356 g/mol. The Bertz CT molecular complexity index is 727. The quantitative estimate of drug-likeness (QED) is 0.420. The highest BCUT2D eigenvalue weighted by Crippen LogP contribution is 2.66. The number of hydrogen-bond acceptors (Lipinski definition) is 5. The number of ether oxygens (including phenoxy) is 1. The number of carbonyl (C=O) groups excluding carboxylic acids is 4. The van der Waals surface area contributed by atoms with Gasteiger partial charge >= 0.3 is 5.97 Å². The molecule has 7 atom stereocenters. The van der Waals surface area contributed by atoms with Crippen molar-refractivity contribution in [2.75, 3.05) is 6.61 Å². The summed E-state index contributed by atoms with van der Waals surface area (Å²) < 4.78 is 4.87. The smallest absolute Gasteiger partial charge is 0.303 e. The zero-order chi connectivity index (χ0) is 20.3. The van der Waals surface area contributed by atoms with Gasteiger partial charge in [-0.1, -0.05) is 26.7 Å². The SMILES string of the molecule is CC(=O)OCC(=O)[C@H]1C(=O)C(=O)[C@H]2[C@@H]3CCC4CCCC[C@]4(C)[C@H]3CC[C@]12C. The van der Waals surface area contributed by atoms with Crippen LogP contribution in [0.2, 0.25) is 0 Å². The molecule has 0 heterocycles. The Hall–Kier alpha value is -1.52. The zero-order valence-electron chi connectivity index (χ0n) is 17.3. The monoisotopic (exact) mass is 388 g/mol. The number of fused-ring (bicyclic) bond motifs is 5. The number of Topliss-reactive ketones (excluding diaryl/α,β-unsaturated/α-hetero) is 3. The molecule has 0 radical (unpaired) electrons. The highest BCUT2D eigenvalue weighted by molar-refractivity contribution is 6.45. The Morgan fingerprint density at radius 1 is 0.964 bits per heavy atom. The van der Waals surface area contributed by atoms with E-state index in [2.05, 4.69) is 6.92 Å². The van der Waals surface area contributed by atoms with Gasteiger partial charge in [-0.05, 0) is 67.1 Å². The predicted octanol–water partition coefficient (Wildman–Crippen LogP) is 3.53. The highest BCUT2D eigenvalue weighted by atomic mass is 16.5. The summed E-state index contributed by atoms with van der Waals surface area (Å²) in [5.41, 5.74) is -0.351. The van der Waals surface area contributed by atoms with E-state index in [0.717, 1.165) is 31.6 Å². The molecule has 154 valence electrons. The summed E-state index contributed by atoms with van der Waals surface area (Å²) in [5, 5.41) is 0. The molecule has 4 rings (SSSR count). The molecule has 4 aliphatic carbocycles. The minimum Gasteiger partial charge on any atom is -0.458 e. The Kier molecular flexibility index (Phi) is 4.79. The van der Waals surface area contributed by atoms with Crippen LogP contribution in [0, 0.1) is 40.4 Å². The van der Waals surface area contributed by atoms with E-state index >= 15 is 0 Å². The minimum atomic E-state index is -0.942. The van der Waals surface area contributed by atoms with Crippen LogP contribution in [0.25, 0.3) is 0 Å². The summed E-state index contributed by atoms with van der Waals surface area (Å²) in [6, 6.07) is 0. The number of rotatable bonds is 3. The standard InChI is InChI=1S/C23H32O5/c1-13(24)28-12-17(25)19-21(27)20(26)18-15-8-7-14-6-4-5-10-22(14,2)16(15)9-11-23(18,19)3/h14-16,18-19H,4-12H2,1-3H3/t14?,15-,16+,18-,19+,22+,23+/m1/s1. The highest BCUT2D eigenvalue weighted by Gasteiger charge is 2.67. The second-order valence-corrected chi connectivity index (χ2v) is 10.2. The van der Waals surface area contributed by atoms with E-state index < -0.39 is 35.5 Å². The lowest BCUT2D eigenvalue weighted by Gasteiger charge is -2.59. The van der Waals surface area contributed by atoms with Crippen molar-refractivity contribution in [3.05, 3.63) is 0 Å². The topological polar surface area (TPSA) is 77.5 Å². The van der Waals surface area contributed by atoms with E-state index in [1.54, 1.807) is 0 Å². The van der Waals surface area contributed by atoms with Crippen LogP contribution in [0.4, 0.5) is 0 Å². The van der Waals surface area contributed by atoms with Crippen molar-refractivity contribution in [3.63, 3.8) is 0 Å². The van der Waals surface area contributed by atoms with Gasteiger partial charge in [-0.2, -0.15) is 0 Å². The first-order valence-electron chi connectivity index (χ1n) is 10.9. The fraction of sp³-hybridized carbons (Fsp3) is 0.826. The second-order valence-electron chi connectivity index (χ2n) is 10.2. The molecule has 4 aliphatic rings. The molecule has 0 aromatic rings. The first-order valence-corrected chi connectivity index (χ1v) is 10.9. The molecule has 5 nitrogen and oxygen atoms in total. The van der Waals surface area contributed by atoms with Gasteiger partial charge in [0.2, 0.25) is 11.6 Å². The molecule has 4 fully saturated rings. The third kappa shape index (κ3) is 2.72. The van der Waals surface area contributed by atoms with Crippen LogP contribution >= 0.6 is 0 Å². The van der Waals surface area contributed by atoms with Crippen LogP contribution in [0.1, 0.15) is 72.1 Å². The summed E-state index contributed by atoms with van der Waals surface area (Å²) in [6.07, 6.45) is 8.93. The molecular formula is C23H32O5. The number of hydrogen-bond donors (Lipinski definition) is 0. The van der Waals surface area contributed by atoms with E-state index in [9.17, 15) is 19.2 Å². The fourth-order valence-corrected chi connectivity index (χ4v) is 7.71. The largest absolute Gasteiger partial charge is 0.458 e. The van der Waals surface area contributed by atoms with Crippen LogP contribution in [0.5, 0.6) is 0 Å². The van der Waals surface area contributed by atoms with Gasteiger partial charge in [0.15, 0.2) is 12.4 Å². The summed E-state index contributed by atoms with van der Waals surface area (Å²) in [5.74, 6) is -1.69. The lowest BCUT2D eigenvalue weighted by molar-refractivity contribution is -0.152. The molecule has 0 aromatic carbocycles. The van der Waals surface area contributed by atoms with E-state index in [-0.39, 0.29) is 23.0 Å². The average molecular weight is 389 g/mol. The maximum atomic E-state index is 13.1. The second kappa shape index (κ2) is 6.77. The molecule has 1 unspecified atom stereocenters. The van der Waals surface area contributed by atoms with Gasteiger partial charge in [0.1, 0.15) is 0 Å². The first-order chi connectivity index (χ1) is 13.2. The van der Waals surface area contributed by atoms with E-state index in [4.69, 9.17) is 4.74 Å². The molecule has 0 spiro atoms. The fourth-order valence-electron chi connectivity index (χ4n) is 7.71. The van der Waals surface area contributed by atoms with Gasteiger partial charge in [-0.3, -0.25) is 19.2 Å². The van der Waals surface area contributed by atoms with Crippen molar-refractivity contribution in [1.82, 2.24) is 0 Å². The molecule has 28 heavy (non-hydrogen) atoms. The molecule has 0 amide bonds. The van der Waals surface area contributed by atoms with E-state index in [1.807, 2.05) is 6.92 Å². The van der Waals surface area contributed by atoms with Crippen LogP contribution in [0.15, 0.2) is 0 Å². The zero-order valence-corrected chi connectivity index (χ0v) is 17.3. The lowest BCUT2D eigenvalue weighted by Crippen LogP contribution is -2.54. The van der Waals surface area contributed by atoms with Gasteiger partial charge in [0.05, 0.1) is 5.92 Å². The van der Waals surface area contributed by atoms with Gasteiger partial charge in [-0.25, -0.2) is 0 Å². The maximum Gasteiger partial charge on any atom is 0.303 e. The van der Waals surface area contributed by atoms with Crippen molar-refractivity contribution < 1.29 is 23.9 Å². The van der Waals surface area contributed by atoms with E-state index in [1.165, 1.54) is 32.6 Å². The number of carbonyl (C=O) groups is 4. The molecule has 0 bridgehead atoms. The Morgan fingerprint density at radius 2 is 1.71 bits per heavy atom. The van der Waals surface area contributed by atoms with Gasteiger partial charge < -0.3 is 4.74 Å². The third-order valence-corrected chi connectivity index (χ3v) is 8.98. The molecule has 4 saturated carbocycles. The van der Waals surface area contributed by atoms with Gasteiger partial charge in [-0.15, -0.1) is 0 Å². The molecule has 0 aromatic heterocycles. The molecule has 5 heteroatoms. The van der Waals surface area contributed by atoms with Crippen molar-refractivity contribution in [3.8, 4) is 0 Å². The first kappa shape index (κ1) is 19.8. The van der Waals surface area contributed by atoms with Gasteiger partial charge in [0.25, 0.3) is 0 Å². The maximum absolute atomic E-state index is 13.1. The Morgan fingerprint density at radius 3 is 2.43 bits per heavy atom. The van der Waals surface area contributed by atoms with E-state index in [0.29, 0.717) is 5.92 Å². The van der Waals surface area contributed by atoms with Crippen molar-refractivity contribution in [2.45, 2.75) is 72.1 Å². The predicted molar refractivity (Wildman–Crippen MR) is 102 cm³/mol. The minimum absolute atomic E-state index is 0.209. The van der Waals surface area contributed by atoms with Crippen molar-refractivity contribution in [1.29, 1.82) is 0 Å². The Labute approximate surface area is 167 Å². The summed E-state index contributed by atoms with van der Waals surface area (Å²) in [4.78, 5) is 49.9. The van der Waals surface area contributed by atoms with Crippen LogP contribution in [-0.2, 0) is 23.9 Å². The van der Waals surface area contributed by atoms with Crippen molar-refractivity contribution >= 4 is 23.3 Å². The molecule has 0 saturated heterocycles. The lowest BCUT2D eigenvalue weighted by atomic mass is 9.44.